The van der Waals surface area contributed by atoms with Crippen molar-refractivity contribution in [2.24, 2.45) is 0 Å². The summed E-state index contributed by atoms with van der Waals surface area (Å²) >= 11 is 0. The molecule has 1 fully saturated rings. The number of hydrogen-bond donors (Lipinski definition) is 1. The highest BCUT2D eigenvalue weighted by Crippen LogP contribution is 2.33. The number of fused-ring (bicyclic) bond motifs is 7. The van der Waals surface area contributed by atoms with E-state index in [4.69, 9.17) is 30.5 Å². The van der Waals surface area contributed by atoms with Crippen LogP contribution >= 0.6 is 0 Å². The van der Waals surface area contributed by atoms with E-state index in [0.29, 0.717) is 64.1 Å². The van der Waals surface area contributed by atoms with E-state index in [0.717, 1.165) is 23.1 Å². The molecule has 0 spiro atoms. The van der Waals surface area contributed by atoms with E-state index >= 15 is 4.39 Å². The zero-order valence-corrected chi connectivity index (χ0v) is 25.0. The summed E-state index contributed by atoms with van der Waals surface area (Å²) in [4.78, 5) is 25.0. The van der Waals surface area contributed by atoms with Gasteiger partial charge in [-0.3, -0.25) is 0 Å². The summed E-state index contributed by atoms with van der Waals surface area (Å²) in [5.41, 5.74) is 5.49. The minimum Gasteiger partial charge on any atom is -0.494 e. The zero-order valence-electron chi connectivity index (χ0n) is 25.0. The number of carboxylic acid groups (broad SMARTS) is 1. The van der Waals surface area contributed by atoms with Crippen LogP contribution in [0.5, 0.6) is 11.6 Å². The van der Waals surface area contributed by atoms with E-state index in [2.05, 4.69) is 9.83 Å². The van der Waals surface area contributed by atoms with Crippen molar-refractivity contribution in [3.8, 4) is 22.9 Å². The SMILES string of the molecule is [C-]#[N+]c1ccc2c(c1)COCc1cc(c(F)cc1Cc1nc3c(OC)cc(C(=O)O)cc3n1C[C@@H]1CCO1)-c1cccc(n1)OC2. The van der Waals surface area contributed by atoms with Gasteiger partial charge in [0.2, 0.25) is 5.88 Å². The lowest BCUT2D eigenvalue weighted by Crippen LogP contribution is -2.31. The fraction of sp³-hybridized carbons (Fsp3) is 0.257. The standard InChI is InChI=1S/C35H29FN4O6/c1-37-25-7-6-20-19-46-33-5-3-4-29(38-33)27-11-24(18-44-17-23(20)10-25)21(12-28(27)36)15-32-39-34-30(40(32)16-26-8-9-45-26)13-22(35(41)42)14-31(34)43-2/h3-7,10-14,26H,8-9,15-19H2,2H3,(H,41,42)/t26-/m0/s1. The molecule has 232 valence electrons. The van der Waals surface area contributed by atoms with Crippen molar-refractivity contribution >= 4 is 22.7 Å². The summed E-state index contributed by atoms with van der Waals surface area (Å²) in [5, 5.41) is 9.76. The molecule has 46 heavy (non-hydrogen) atoms. The molecule has 2 aliphatic rings. The molecule has 4 bridgehead atoms. The summed E-state index contributed by atoms with van der Waals surface area (Å²) in [7, 11) is 1.47. The van der Waals surface area contributed by atoms with Gasteiger partial charge in [0.15, 0.2) is 5.69 Å². The number of rotatable bonds is 6. The van der Waals surface area contributed by atoms with E-state index in [9.17, 15) is 9.90 Å². The van der Waals surface area contributed by atoms with Crippen LogP contribution in [0.1, 0.15) is 44.9 Å². The molecule has 7 rings (SSSR count). The minimum absolute atomic E-state index is 0.0481. The highest BCUT2D eigenvalue weighted by atomic mass is 19.1. The fourth-order valence-corrected chi connectivity index (χ4v) is 5.84. The molecular formula is C35H29FN4O6. The lowest BCUT2D eigenvalue weighted by atomic mass is 9.98. The van der Waals surface area contributed by atoms with Gasteiger partial charge in [-0.1, -0.05) is 24.3 Å². The fourth-order valence-electron chi connectivity index (χ4n) is 5.84. The van der Waals surface area contributed by atoms with Crippen molar-refractivity contribution in [1.29, 1.82) is 0 Å². The molecule has 0 unspecified atom stereocenters. The molecule has 5 aromatic rings. The normalized spacial score (nSPS) is 15.7. The number of carbonyl (C=O) groups is 1. The average molecular weight is 621 g/mol. The third kappa shape index (κ3) is 5.64. The lowest BCUT2D eigenvalue weighted by Gasteiger charge is -2.27. The van der Waals surface area contributed by atoms with Gasteiger partial charge in [-0.2, -0.15) is 0 Å². The number of methoxy groups -OCH3 is 1. The van der Waals surface area contributed by atoms with Crippen LogP contribution in [0.25, 0.3) is 27.1 Å². The van der Waals surface area contributed by atoms with Gasteiger partial charge in [-0.25, -0.2) is 24.0 Å². The van der Waals surface area contributed by atoms with Gasteiger partial charge in [0.1, 0.15) is 29.5 Å². The Labute approximate surface area is 263 Å². The first-order valence-electron chi connectivity index (χ1n) is 14.8. The number of halogens is 1. The van der Waals surface area contributed by atoms with Crippen molar-refractivity contribution in [3.05, 3.63) is 112 Å². The predicted molar refractivity (Wildman–Crippen MR) is 166 cm³/mol. The van der Waals surface area contributed by atoms with E-state index in [1.807, 2.05) is 10.6 Å². The number of nitrogens with zero attached hydrogens (tertiary/aromatic N) is 4. The predicted octanol–water partition coefficient (Wildman–Crippen LogP) is 6.48. The Morgan fingerprint density at radius 3 is 2.70 bits per heavy atom. The Bertz CT molecular complexity index is 2030. The lowest BCUT2D eigenvalue weighted by molar-refractivity contribution is -0.0589. The van der Waals surface area contributed by atoms with Crippen molar-refractivity contribution in [2.45, 2.75) is 45.3 Å². The molecule has 0 radical (unpaired) electrons. The Morgan fingerprint density at radius 1 is 1.09 bits per heavy atom. The van der Waals surface area contributed by atoms with Gasteiger partial charge >= 0.3 is 5.97 Å². The van der Waals surface area contributed by atoms with E-state index in [-0.39, 0.29) is 37.9 Å². The monoisotopic (exact) mass is 620 g/mol. The Kier molecular flexibility index (Phi) is 7.82. The molecule has 10 nitrogen and oxygen atoms in total. The second kappa shape index (κ2) is 12.2. The molecule has 0 amide bonds. The van der Waals surface area contributed by atoms with Crippen LogP contribution in [0.4, 0.5) is 10.1 Å². The van der Waals surface area contributed by atoms with Crippen LogP contribution in [0, 0.1) is 12.4 Å². The first-order valence-corrected chi connectivity index (χ1v) is 14.8. The number of aromatic nitrogens is 3. The Balaban J connectivity index is 1.33. The zero-order chi connectivity index (χ0) is 31.8. The van der Waals surface area contributed by atoms with Crippen molar-refractivity contribution in [3.63, 3.8) is 0 Å². The van der Waals surface area contributed by atoms with Crippen LogP contribution in [-0.2, 0) is 42.3 Å². The first-order chi connectivity index (χ1) is 22.4. The maximum absolute atomic E-state index is 15.9. The molecule has 11 heteroatoms. The maximum Gasteiger partial charge on any atom is 0.335 e. The minimum atomic E-state index is -1.08. The number of carboxylic acids is 1. The number of pyridine rings is 1. The topological polar surface area (TPSA) is 109 Å². The van der Waals surface area contributed by atoms with Crippen molar-refractivity contribution < 1.29 is 33.2 Å². The smallest absolute Gasteiger partial charge is 0.335 e. The molecule has 1 N–H and O–H groups in total. The summed E-state index contributed by atoms with van der Waals surface area (Å²) in [6, 6.07) is 16.9. The summed E-state index contributed by atoms with van der Waals surface area (Å²) in [6.07, 6.45) is 1.05. The number of ether oxygens (including phenoxy) is 4. The van der Waals surface area contributed by atoms with Gasteiger partial charge in [-0.15, -0.1) is 0 Å². The largest absolute Gasteiger partial charge is 0.494 e. The van der Waals surface area contributed by atoms with Crippen LogP contribution in [-0.4, -0.2) is 45.4 Å². The highest BCUT2D eigenvalue weighted by Gasteiger charge is 2.25. The van der Waals surface area contributed by atoms with Gasteiger partial charge in [0.05, 0.1) is 56.3 Å². The first kappa shape index (κ1) is 29.4. The van der Waals surface area contributed by atoms with E-state index in [1.54, 1.807) is 42.5 Å². The molecular weight excluding hydrogens is 591 g/mol. The molecule has 4 heterocycles. The molecule has 0 saturated carbocycles. The molecule has 0 aliphatic carbocycles. The number of aromatic carboxylic acids is 1. The summed E-state index contributed by atoms with van der Waals surface area (Å²) in [6.45, 7) is 9.15. The second-order valence-electron chi connectivity index (χ2n) is 11.3. The van der Waals surface area contributed by atoms with Gasteiger partial charge in [0, 0.05) is 24.7 Å². The van der Waals surface area contributed by atoms with Gasteiger partial charge in [0.25, 0.3) is 0 Å². The molecule has 2 aliphatic heterocycles. The van der Waals surface area contributed by atoms with Crippen molar-refractivity contribution in [1.82, 2.24) is 14.5 Å². The number of hydrogen-bond acceptors (Lipinski definition) is 7. The third-order valence-electron chi connectivity index (χ3n) is 8.39. The molecule has 3 aromatic carbocycles. The van der Waals surface area contributed by atoms with Gasteiger partial charge < -0.3 is 28.6 Å². The highest BCUT2D eigenvalue weighted by molar-refractivity contribution is 5.95. The quantitative estimate of drug-likeness (QED) is 0.215. The maximum atomic E-state index is 15.9. The molecule has 1 saturated heterocycles. The van der Waals surface area contributed by atoms with Gasteiger partial charge in [-0.05, 0) is 59.0 Å². The second-order valence-corrected chi connectivity index (χ2v) is 11.3. The Morgan fingerprint density at radius 2 is 1.93 bits per heavy atom. The molecule has 2 aromatic heterocycles. The van der Waals surface area contributed by atoms with Crippen LogP contribution in [0.2, 0.25) is 0 Å². The molecule has 1 atom stereocenters. The van der Waals surface area contributed by atoms with Crippen LogP contribution in [0.3, 0.4) is 0 Å². The summed E-state index contributed by atoms with van der Waals surface area (Å²) in [5.74, 6) is -0.240. The van der Waals surface area contributed by atoms with Crippen LogP contribution < -0.4 is 9.47 Å². The summed E-state index contributed by atoms with van der Waals surface area (Å²) < 4.78 is 41.3. The number of benzene rings is 3. The van der Waals surface area contributed by atoms with E-state index in [1.165, 1.54) is 19.2 Å². The van der Waals surface area contributed by atoms with E-state index < -0.39 is 11.8 Å². The Hall–Kier alpha value is -5.31. The average Bonchev–Trinajstić information content (AvgIpc) is 3.38. The number of imidazole rings is 1. The van der Waals surface area contributed by atoms with Crippen molar-refractivity contribution in [2.75, 3.05) is 13.7 Å². The third-order valence-corrected chi connectivity index (χ3v) is 8.39. The van der Waals surface area contributed by atoms with Crippen LogP contribution in [0.15, 0.2) is 60.7 Å².